The van der Waals surface area contributed by atoms with Crippen LogP contribution in [-0.4, -0.2) is 96.7 Å². The van der Waals surface area contributed by atoms with Crippen molar-refractivity contribution in [3.05, 3.63) is 97.2 Å². The van der Waals surface area contributed by atoms with E-state index in [0.717, 1.165) is 122 Å². The number of phosphoric ester groups is 2. The van der Waals surface area contributed by atoms with E-state index in [9.17, 15) is 43.2 Å². The van der Waals surface area contributed by atoms with Gasteiger partial charge in [0, 0.05) is 25.7 Å². The molecule has 0 bridgehead atoms. The second kappa shape index (κ2) is 77.1. The monoisotopic (exact) mass is 1510 g/mol. The number of hydrogen-bond donors (Lipinski definition) is 3. The molecule has 19 heteroatoms. The summed E-state index contributed by atoms with van der Waals surface area (Å²) < 4.78 is 68.6. The van der Waals surface area contributed by atoms with Crippen molar-refractivity contribution in [2.75, 3.05) is 39.6 Å². The summed E-state index contributed by atoms with van der Waals surface area (Å²) in [5.74, 6) is -2.26. The molecule has 5 unspecified atom stereocenters. The lowest BCUT2D eigenvalue weighted by molar-refractivity contribution is -0.161. The predicted molar refractivity (Wildman–Crippen MR) is 427 cm³/mol. The lowest BCUT2D eigenvalue weighted by Gasteiger charge is -2.21. The van der Waals surface area contributed by atoms with E-state index in [0.29, 0.717) is 32.1 Å². The Bertz CT molecular complexity index is 2350. The zero-order valence-corrected chi connectivity index (χ0v) is 67.7. The number of rotatable bonds is 78. The normalized spacial score (nSPS) is 14.3. The Labute approximate surface area is 633 Å². The first kappa shape index (κ1) is 100.0. The molecule has 0 spiro atoms. The highest BCUT2D eigenvalue weighted by molar-refractivity contribution is 7.47. The number of allylic oxidation sites excluding steroid dienone is 16. The fourth-order valence-corrected chi connectivity index (χ4v) is 12.9. The van der Waals surface area contributed by atoms with E-state index < -0.39 is 97.5 Å². The van der Waals surface area contributed by atoms with Crippen LogP contribution in [0, 0.1) is 0 Å². The third-order valence-electron chi connectivity index (χ3n) is 17.6. The first-order chi connectivity index (χ1) is 50.7. The van der Waals surface area contributed by atoms with Crippen LogP contribution in [0.3, 0.4) is 0 Å². The molecule has 3 N–H and O–H groups in total. The minimum atomic E-state index is -5.00. The number of carbonyl (C=O) groups excluding carboxylic acids is 4. The summed E-state index contributed by atoms with van der Waals surface area (Å²) in [5.41, 5.74) is 0. The summed E-state index contributed by atoms with van der Waals surface area (Å²) in [4.78, 5) is 73.1. The number of hydrogen-bond acceptors (Lipinski definition) is 15. The molecule has 104 heavy (non-hydrogen) atoms. The molecular formula is C85H150O17P2. The average Bonchev–Trinajstić information content (AvgIpc) is 0.918. The van der Waals surface area contributed by atoms with Gasteiger partial charge in [-0.15, -0.1) is 0 Å². The van der Waals surface area contributed by atoms with Gasteiger partial charge in [0.25, 0.3) is 0 Å². The van der Waals surface area contributed by atoms with Gasteiger partial charge in [0.15, 0.2) is 12.2 Å². The quantitative estimate of drug-likeness (QED) is 0.0169. The van der Waals surface area contributed by atoms with Crippen molar-refractivity contribution in [1.82, 2.24) is 0 Å². The third kappa shape index (κ3) is 76.2. The number of aliphatic hydroxyl groups is 1. The van der Waals surface area contributed by atoms with Gasteiger partial charge >= 0.3 is 39.5 Å². The predicted octanol–water partition coefficient (Wildman–Crippen LogP) is 24.3. The molecule has 0 aliphatic heterocycles. The van der Waals surface area contributed by atoms with Crippen LogP contribution in [0.4, 0.5) is 0 Å². The highest BCUT2D eigenvalue weighted by Crippen LogP contribution is 2.45. The molecule has 602 valence electrons. The van der Waals surface area contributed by atoms with E-state index in [-0.39, 0.29) is 25.7 Å². The van der Waals surface area contributed by atoms with Gasteiger partial charge in [0.05, 0.1) is 26.4 Å². The number of phosphoric acid groups is 2. The first-order valence-corrected chi connectivity index (χ1v) is 44.5. The molecular weight excluding hydrogens is 1350 g/mol. The van der Waals surface area contributed by atoms with Crippen LogP contribution in [0.5, 0.6) is 0 Å². The van der Waals surface area contributed by atoms with E-state index in [1.54, 1.807) is 0 Å². The second-order valence-corrected chi connectivity index (χ2v) is 30.6. The number of carbonyl (C=O) groups is 4. The Morgan fingerprint density at radius 3 is 0.846 bits per heavy atom. The molecule has 0 aromatic rings. The topological polar surface area (TPSA) is 237 Å². The third-order valence-corrected chi connectivity index (χ3v) is 19.5. The van der Waals surface area contributed by atoms with Crippen molar-refractivity contribution in [2.45, 2.75) is 380 Å². The van der Waals surface area contributed by atoms with Crippen LogP contribution < -0.4 is 0 Å². The van der Waals surface area contributed by atoms with E-state index in [2.05, 4.69) is 107 Å². The zero-order chi connectivity index (χ0) is 76.0. The number of aliphatic hydroxyl groups excluding tert-OH is 1. The Kier molecular flexibility index (Phi) is 74.2. The van der Waals surface area contributed by atoms with Crippen LogP contribution in [0.2, 0.25) is 0 Å². The van der Waals surface area contributed by atoms with Crippen molar-refractivity contribution in [3.63, 3.8) is 0 Å². The van der Waals surface area contributed by atoms with Crippen LogP contribution in [0.15, 0.2) is 97.2 Å². The van der Waals surface area contributed by atoms with Crippen LogP contribution in [0.1, 0.15) is 362 Å². The zero-order valence-electron chi connectivity index (χ0n) is 65.9. The SMILES string of the molecule is CC/C=C\C/C=C\C/C=C\C/C=C\C/C=C\C/C=C\CCC(=O)OCC(COP(=O)(O)OCC(O)COP(=O)(O)OCC(COC(=O)CCCCCCCCCCCCCCCCC)OC(=O)CCCCCCCCCCCCCCCCC)OC(=O)CCCCCCC/C=C\C/C=C\CCCCC. The highest BCUT2D eigenvalue weighted by Gasteiger charge is 2.30. The summed E-state index contributed by atoms with van der Waals surface area (Å²) in [5, 5.41) is 10.7. The molecule has 0 rings (SSSR count). The minimum absolute atomic E-state index is 0.0335. The van der Waals surface area contributed by atoms with Gasteiger partial charge in [0.2, 0.25) is 0 Å². The van der Waals surface area contributed by atoms with Crippen LogP contribution >= 0.6 is 15.6 Å². The maximum atomic E-state index is 13.1. The van der Waals surface area contributed by atoms with Crippen LogP contribution in [-0.2, 0) is 65.4 Å². The summed E-state index contributed by atoms with van der Waals surface area (Å²) >= 11 is 0. The van der Waals surface area contributed by atoms with Crippen molar-refractivity contribution in [3.8, 4) is 0 Å². The summed E-state index contributed by atoms with van der Waals surface area (Å²) in [6, 6.07) is 0. The van der Waals surface area contributed by atoms with E-state index in [1.807, 2.05) is 18.2 Å². The molecule has 0 heterocycles. The van der Waals surface area contributed by atoms with E-state index in [4.69, 9.17) is 37.0 Å². The molecule has 0 saturated heterocycles. The molecule has 0 amide bonds. The average molecular weight is 1510 g/mol. The number of unbranched alkanes of at least 4 members (excludes halogenated alkanes) is 36. The Balaban J connectivity index is 5.41. The van der Waals surface area contributed by atoms with Crippen molar-refractivity contribution in [1.29, 1.82) is 0 Å². The molecule has 0 radical (unpaired) electrons. The van der Waals surface area contributed by atoms with E-state index in [1.165, 1.54) is 154 Å². The van der Waals surface area contributed by atoms with Gasteiger partial charge in [-0.25, -0.2) is 9.13 Å². The number of esters is 4. The fraction of sp³-hybridized carbons (Fsp3) is 0.765. The smallest absolute Gasteiger partial charge is 0.462 e. The molecule has 17 nitrogen and oxygen atoms in total. The second-order valence-electron chi connectivity index (χ2n) is 27.7. The van der Waals surface area contributed by atoms with Gasteiger partial charge in [-0.3, -0.25) is 37.3 Å². The first-order valence-electron chi connectivity index (χ1n) is 41.5. The summed E-state index contributed by atoms with van der Waals surface area (Å²) in [7, 11) is -9.97. The molecule has 0 aliphatic carbocycles. The van der Waals surface area contributed by atoms with E-state index >= 15 is 0 Å². The van der Waals surface area contributed by atoms with Crippen molar-refractivity contribution in [2.24, 2.45) is 0 Å². The molecule has 0 aromatic carbocycles. The Morgan fingerprint density at radius 2 is 0.519 bits per heavy atom. The standard InChI is InChI=1S/C85H150O17P2/c1-5-9-13-17-21-25-29-33-37-38-39-40-44-46-50-54-58-62-66-70-83(88)96-76-81(102-85(90)72-68-64-60-56-52-48-43-36-32-28-24-20-16-12-8-4)78-100-104(93,94)98-74-79(86)73-97-103(91,92)99-77-80(101-84(89)71-67-63-59-55-51-47-42-35-31-27-23-19-15-11-7-3)75-95-82(87)69-65-61-57-53-49-45-41-34-30-26-22-18-14-10-6-2/h9,13,21,24-25,28,33,36-37,39-40,43,46,50,58,62,79-81,86H,5-8,10-12,14-20,22-23,26-27,29-32,34-35,38,41-42,44-45,47-49,51-57,59-61,63-78H2,1-4H3,(H,91,92)(H,93,94)/b13-9-,25-21-,28-24-,37-33-,40-39-,43-36-,50-46-,62-58-. The lowest BCUT2D eigenvalue weighted by Crippen LogP contribution is -2.30. The molecule has 0 saturated carbocycles. The van der Waals surface area contributed by atoms with Crippen LogP contribution in [0.25, 0.3) is 0 Å². The maximum Gasteiger partial charge on any atom is 0.472 e. The van der Waals surface area contributed by atoms with Gasteiger partial charge in [-0.2, -0.15) is 0 Å². The molecule has 0 fully saturated rings. The summed E-state index contributed by atoms with van der Waals surface area (Å²) in [6.45, 7) is 4.71. The largest absolute Gasteiger partial charge is 0.472 e. The summed E-state index contributed by atoms with van der Waals surface area (Å²) in [6.07, 6.45) is 82.5. The van der Waals surface area contributed by atoms with Gasteiger partial charge < -0.3 is 33.8 Å². The van der Waals surface area contributed by atoms with Crippen molar-refractivity contribution >= 4 is 39.5 Å². The molecule has 0 aromatic heterocycles. The highest BCUT2D eigenvalue weighted by atomic mass is 31.2. The van der Waals surface area contributed by atoms with Crippen molar-refractivity contribution < 1.29 is 80.2 Å². The van der Waals surface area contributed by atoms with Gasteiger partial charge in [-0.05, 0) is 96.3 Å². The Morgan fingerprint density at radius 1 is 0.279 bits per heavy atom. The minimum Gasteiger partial charge on any atom is -0.462 e. The Hall–Kier alpha value is -4.02. The molecule has 0 aliphatic rings. The maximum absolute atomic E-state index is 13.1. The van der Waals surface area contributed by atoms with Gasteiger partial charge in [-0.1, -0.05) is 337 Å². The number of ether oxygens (including phenoxy) is 4. The van der Waals surface area contributed by atoms with Gasteiger partial charge in [0.1, 0.15) is 19.3 Å². The fourth-order valence-electron chi connectivity index (χ4n) is 11.3. The molecule has 5 atom stereocenters. The lowest BCUT2D eigenvalue weighted by atomic mass is 10.0.